The molecule has 1 aliphatic heterocycles. The van der Waals surface area contributed by atoms with Crippen molar-refractivity contribution in [2.75, 3.05) is 6.54 Å². The van der Waals surface area contributed by atoms with Crippen molar-refractivity contribution in [1.82, 2.24) is 10.6 Å². The number of hydrogen-bond acceptors (Lipinski definition) is 4. The highest BCUT2D eigenvalue weighted by Gasteiger charge is 2.32. The second-order valence-electron chi connectivity index (χ2n) is 3.41. The first-order chi connectivity index (χ1) is 6.50. The number of nitrogens with one attached hydrogen (secondary N) is 2. The van der Waals surface area contributed by atoms with Crippen LogP contribution in [0.3, 0.4) is 0 Å². The minimum atomic E-state index is -0.981. The molecule has 0 radical (unpaired) electrons. The molecule has 1 fully saturated rings. The lowest BCUT2D eigenvalue weighted by atomic mass is 9.97. The van der Waals surface area contributed by atoms with Gasteiger partial charge in [0, 0.05) is 19.9 Å². The van der Waals surface area contributed by atoms with Crippen LogP contribution in [0.15, 0.2) is 0 Å². The zero-order chi connectivity index (χ0) is 10.7. The van der Waals surface area contributed by atoms with E-state index in [1.807, 2.05) is 0 Å². The van der Waals surface area contributed by atoms with Crippen molar-refractivity contribution in [2.45, 2.75) is 31.5 Å². The third-order valence-electron chi connectivity index (χ3n) is 2.21. The van der Waals surface area contributed by atoms with E-state index in [-0.39, 0.29) is 18.9 Å². The molecule has 1 saturated heterocycles. The molecule has 0 aliphatic carbocycles. The molecule has 1 rings (SSSR count). The largest absolute Gasteiger partial charge is 0.480 e. The van der Waals surface area contributed by atoms with Crippen LogP contribution in [0, 0.1) is 0 Å². The van der Waals surface area contributed by atoms with Crippen LogP contribution in [0.5, 0.6) is 0 Å². The van der Waals surface area contributed by atoms with E-state index in [1.54, 1.807) is 0 Å². The van der Waals surface area contributed by atoms with Gasteiger partial charge >= 0.3 is 5.97 Å². The highest BCUT2D eigenvalue weighted by atomic mass is 16.4. The lowest BCUT2D eigenvalue weighted by Crippen LogP contribution is -2.58. The molecule has 0 aromatic rings. The van der Waals surface area contributed by atoms with Gasteiger partial charge in [-0.1, -0.05) is 0 Å². The highest BCUT2D eigenvalue weighted by Crippen LogP contribution is 2.09. The SMILES string of the molecule is CC(=O)N[C@H]1CN[C@@H](C(=O)O)C[C@@H]1O. The molecule has 0 bridgehead atoms. The summed E-state index contributed by atoms with van der Waals surface area (Å²) < 4.78 is 0. The first-order valence-corrected chi connectivity index (χ1v) is 4.42. The number of carboxylic acid groups (broad SMARTS) is 1. The fourth-order valence-corrected chi connectivity index (χ4v) is 1.49. The fourth-order valence-electron chi connectivity index (χ4n) is 1.49. The number of piperidine rings is 1. The number of hydrogen-bond donors (Lipinski definition) is 4. The predicted molar refractivity (Wildman–Crippen MR) is 47.7 cm³/mol. The number of carboxylic acids is 1. The predicted octanol–water partition coefficient (Wildman–Crippen LogP) is -1.70. The first kappa shape index (κ1) is 10.9. The molecule has 0 spiro atoms. The Balaban J connectivity index is 2.47. The number of aliphatic carboxylic acids is 1. The van der Waals surface area contributed by atoms with E-state index in [4.69, 9.17) is 5.11 Å². The molecule has 1 heterocycles. The van der Waals surface area contributed by atoms with Crippen LogP contribution in [0.4, 0.5) is 0 Å². The van der Waals surface area contributed by atoms with E-state index in [9.17, 15) is 14.7 Å². The number of aliphatic hydroxyl groups is 1. The quantitative estimate of drug-likeness (QED) is 0.428. The van der Waals surface area contributed by atoms with Crippen molar-refractivity contribution >= 4 is 11.9 Å². The lowest BCUT2D eigenvalue weighted by molar-refractivity contribution is -0.141. The van der Waals surface area contributed by atoms with Crippen LogP contribution >= 0.6 is 0 Å². The minimum absolute atomic E-state index is 0.111. The van der Waals surface area contributed by atoms with Crippen molar-refractivity contribution in [3.8, 4) is 0 Å². The summed E-state index contributed by atoms with van der Waals surface area (Å²) in [6.45, 7) is 1.63. The van der Waals surface area contributed by atoms with Crippen molar-refractivity contribution in [3.63, 3.8) is 0 Å². The molecular formula is C8H14N2O4. The summed E-state index contributed by atoms with van der Waals surface area (Å²) in [4.78, 5) is 21.3. The van der Waals surface area contributed by atoms with Gasteiger partial charge in [-0.25, -0.2) is 0 Å². The normalized spacial score (nSPS) is 32.3. The summed E-state index contributed by atoms with van der Waals surface area (Å²) in [5.74, 6) is -1.21. The zero-order valence-electron chi connectivity index (χ0n) is 7.86. The van der Waals surface area contributed by atoms with E-state index in [0.29, 0.717) is 0 Å². The van der Waals surface area contributed by atoms with Crippen molar-refractivity contribution in [2.24, 2.45) is 0 Å². The topological polar surface area (TPSA) is 98.7 Å². The van der Waals surface area contributed by atoms with Gasteiger partial charge in [-0.05, 0) is 0 Å². The summed E-state index contributed by atoms with van der Waals surface area (Å²) in [6.07, 6.45) is -0.693. The van der Waals surface area contributed by atoms with Gasteiger partial charge < -0.3 is 20.8 Å². The number of carbonyl (C=O) groups excluding carboxylic acids is 1. The van der Waals surface area contributed by atoms with E-state index < -0.39 is 24.2 Å². The maximum absolute atomic E-state index is 10.7. The Morgan fingerprint density at radius 3 is 2.57 bits per heavy atom. The smallest absolute Gasteiger partial charge is 0.320 e. The van der Waals surface area contributed by atoms with Gasteiger partial charge in [-0.2, -0.15) is 0 Å². The first-order valence-electron chi connectivity index (χ1n) is 4.42. The molecule has 3 atom stereocenters. The number of aliphatic hydroxyl groups excluding tert-OH is 1. The summed E-state index contributed by atoms with van der Waals surface area (Å²) in [5.41, 5.74) is 0. The van der Waals surface area contributed by atoms with Crippen molar-refractivity contribution in [3.05, 3.63) is 0 Å². The van der Waals surface area contributed by atoms with Gasteiger partial charge in [-0.15, -0.1) is 0 Å². The Morgan fingerprint density at radius 2 is 2.14 bits per heavy atom. The van der Waals surface area contributed by atoms with Gasteiger partial charge in [0.2, 0.25) is 5.91 Å². The fraction of sp³-hybridized carbons (Fsp3) is 0.750. The van der Waals surface area contributed by atoms with E-state index in [2.05, 4.69) is 10.6 Å². The van der Waals surface area contributed by atoms with Gasteiger partial charge in [-0.3, -0.25) is 9.59 Å². The minimum Gasteiger partial charge on any atom is -0.480 e. The third kappa shape index (κ3) is 2.68. The molecule has 0 aromatic heterocycles. The second kappa shape index (κ2) is 4.39. The van der Waals surface area contributed by atoms with Crippen molar-refractivity contribution in [1.29, 1.82) is 0 Å². The number of rotatable bonds is 2. The van der Waals surface area contributed by atoms with Gasteiger partial charge in [0.1, 0.15) is 6.04 Å². The Kier molecular flexibility index (Phi) is 3.43. The van der Waals surface area contributed by atoms with Gasteiger partial charge in [0.25, 0.3) is 0 Å². The zero-order valence-corrected chi connectivity index (χ0v) is 7.86. The molecule has 0 aromatic carbocycles. The van der Waals surface area contributed by atoms with Crippen LogP contribution in [-0.2, 0) is 9.59 Å². The molecule has 1 amide bonds. The van der Waals surface area contributed by atoms with E-state index in [1.165, 1.54) is 6.92 Å². The second-order valence-corrected chi connectivity index (χ2v) is 3.41. The van der Waals surface area contributed by atoms with Crippen LogP contribution in [0.2, 0.25) is 0 Å². The van der Waals surface area contributed by atoms with E-state index >= 15 is 0 Å². The standard InChI is InChI=1S/C8H14N2O4/c1-4(11)10-6-3-9-5(8(13)14)2-7(6)12/h5-7,9,12H,2-3H2,1H3,(H,10,11)(H,13,14)/t5-,6+,7+/m1/s1. The van der Waals surface area contributed by atoms with Gasteiger partial charge in [0.05, 0.1) is 12.1 Å². The number of amides is 1. The van der Waals surface area contributed by atoms with Gasteiger partial charge in [0.15, 0.2) is 0 Å². The molecule has 6 heteroatoms. The maximum atomic E-state index is 10.7. The molecule has 0 saturated carbocycles. The molecule has 4 N–H and O–H groups in total. The van der Waals surface area contributed by atoms with Crippen LogP contribution in [0.1, 0.15) is 13.3 Å². The van der Waals surface area contributed by atoms with Crippen LogP contribution < -0.4 is 10.6 Å². The van der Waals surface area contributed by atoms with Crippen LogP contribution in [0.25, 0.3) is 0 Å². The van der Waals surface area contributed by atoms with Crippen LogP contribution in [-0.4, -0.2) is 46.8 Å². The molecule has 6 nitrogen and oxygen atoms in total. The Labute approximate surface area is 81.3 Å². The molecule has 80 valence electrons. The van der Waals surface area contributed by atoms with Crippen molar-refractivity contribution < 1.29 is 19.8 Å². The molecule has 1 aliphatic rings. The highest BCUT2D eigenvalue weighted by molar-refractivity contribution is 5.74. The summed E-state index contributed by atoms with van der Waals surface area (Å²) in [7, 11) is 0. The van der Waals surface area contributed by atoms with E-state index in [0.717, 1.165) is 0 Å². The Bertz CT molecular complexity index is 243. The molecular weight excluding hydrogens is 188 g/mol. The number of carbonyl (C=O) groups is 2. The molecule has 0 unspecified atom stereocenters. The summed E-state index contributed by atoms with van der Waals surface area (Å²) in [5, 5.41) is 23.5. The average Bonchev–Trinajstić information content (AvgIpc) is 2.07. The lowest BCUT2D eigenvalue weighted by Gasteiger charge is -2.32. The Hall–Kier alpha value is -1.14. The molecule has 14 heavy (non-hydrogen) atoms. The summed E-state index contributed by atoms with van der Waals surface area (Å²) >= 11 is 0. The monoisotopic (exact) mass is 202 g/mol. The summed E-state index contributed by atoms with van der Waals surface area (Å²) in [6, 6.07) is -1.13. The maximum Gasteiger partial charge on any atom is 0.320 e. The Morgan fingerprint density at radius 1 is 1.50 bits per heavy atom. The average molecular weight is 202 g/mol. The third-order valence-corrected chi connectivity index (χ3v) is 2.21.